The highest BCUT2D eigenvalue weighted by Crippen LogP contribution is 2.33. The van der Waals surface area contributed by atoms with Crippen molar-refractivity contribution in [2.75, 3.05) is 19.7 Å². The van der Waals surface area contributed by atoms with Crippen LogP contribution in [0, 0.1) is 19.8 Å². The third-order valence-electron chi connectivity index (χ3n) is 5.00. The number of rotatable bonds is 5. The van der Waals surface area contributed by atoms with Crippen molar-refractivity contribution in [1.82, 2.24) is 14.7 Å². The van der Waals surface area contributed by atoms with Gasteiger partial charge in [0.25, 0.3) is 5.91 Å². The van der Waals surface area contributed by atoms with Crippen molar-refractivity contribution < 1.29 is 19.4 Å². The third kappa shape index (κ3) is 3.42. The van der Waals surface area contributed by atoms with E-state index in [9.17, 15) is 14.7 Å². The molecule has 0 unspecified atom stereocenters. The van der Waals surface area contributed by atoms with Gasteiger partial charge in [-0.25, -0.2) is 0 Å². The molecule has 138 valence electrons. The van der Waals surface area contributed by atoms with Crippen molar-refractivity contribution in [1.29, 1.82) is 0 Å². The van der Waals surface area contributed by atoms with Gasteiger partial charge < -0.3 is 14.7 Å². The molecule has 1 N–H and O–H groups in total. The highest BCUT2D eigenvalue weighted by atomic mass is 16.5. The van der Waals surface area contributed by atoms with Crippen molar-refractivity contribution in [2.45, 2.75) is 19.8 Å². The van der Waals surface area contributed by atoms with Crippen LogP contribution in [0.15, 0.2) is 30.3 Å². The average molecular weight is 357 g/mol. The Hall–Kier alpha value is -2.83. The summed E-state index contributed by atoms with van der Waals surface area (Å²) >= 11 is 0. The summed E-state index contributed by atoms with van der Waals surface area (Å²) in [5.74, 6) is -1.30. The lowest BCUT2D eigenvalue weighted by Crippen LogP contribution is -2.34. The standard InChI is InChI=1S/C19H23N3O4/c1-12-18(13(2)21(3)20-12)26-11-17(23)22-9-15(16(10-22)19(24)25)14-7-5-4-6-8-14/h4-8,15-16H,9-11H2,1-3H3,(H,24,25)/t15-,16-/m0/s1. The second-order valence-corrected chi connectivity index (χ2v) is 6.67. The molecular weight excluding hydrogens is 334 g/mol. The Morgan fingerprint density at radius 3 is 2.50 bits per heavy atom. The summed E-state index contributed by atoms with van der Waals surface area (Å²) in [4.78, 5) is 25.8. The fraction of sp³-hybridized carbons (Fsp3) is 0.421. The fourth-order valence-corrected chi connectivity index (χ4v) is 3.48. The van der Waals surface area contributed by atoms with E-state index in [1.807, 2.05) is 51.2 Å². The molecule has 3 rings (SSSR count). The van der Waals surface area contributed by atoms with Crippen molar-refractivity contribution in [3.8, 4) is 5.75 Å². The van der Waals surface area contributed by atoms with Crippen LogP contribution in [0.5, 0.6) is 5.75 Å². The van der Waals surface area contributed by atoms with Gasteiger partial charge in [-0.05, 0) is 19.4 Å². The smallest absolute Gasteiger partial charge is 0.308 e. The zero-order valence-corrected chi connectivity index (χ0v) is 15.2. The van der Waals surface area contributed by atoms with Crippen LogP contribution in [-0.2, 0) is 16.6 Å². The maximum absolute atomic E-state index is 12.6. The molecule has 0 radical (unpaired) electrons. The fourth-order valence-electron chi connectivity index (χ4n) is 3.48. The summed E-state index contributed by atoms with van der Waals surface area (Å²) in [6.07, 6.45) is 0. The molecule has 2 heterocycles. The number of hydrogen-bond donors (Lipinski definition) is 1. The van der Waals surface area contributed by atoms with Gasteiger partial charge in [0.05, 0.1) is 11.6 Å². The summed E-state index contributed by atoms with van der Waals surface area (Å²) in [7, 11) is 1.82. The molecule has 1 fully saturated rings. The molecular formula is C19H23N3O4. The van der Waals surface area contributed by atoms with Crippen LogP contribution in [-0.4, -0.2) is 51.4 Å². The van der Waals surface area contributed by atoms with E-state index in [2.05, 4.69) is 5.10 Å². The van der Waals surface area contributed by atoms with Gasteiger partial charge in [0.2, 0.25) is 0 Å². The highest BCUT2D eigenvalue weighted by Gasteiger charge is 2.40. The lowest BCUT2D eigenvalue weighted by Gasteiger charge is -2.17. The molecule has 2 atom stereocenters. The Balaban J connectivity index is 1.69. The maximum atomic E-state index is 12.6. The van der Waals surface area contributed by atoms with Crippen molar-refractivity contribution >= 4 is 11.9 Å². The zero-order chi connectivity index (χ0) is 18.8. The van der Waals surface area contributed by atoms with Gasteiger partial charge in [-0.15, -0.1) is 0 Å². The quantitative estimate of drug-likeness (QED) is 0.881. The van der Waals surface area contributed by atoms with Gasteiger partial charge in [0.15, 0.2) is 12.4 Å². The zero-order valence-electron chi connectivity index (χ0n) is 15.2. The van der Waals surface area contributed by atoms with E-state index >= 15 is 0 Å². The number of aryl methyl sites for hydroxylation is 2. The van der Waals surface area contributed by atoms with Crippen molar-refractivity contribution in [3.63, 3.8) is 0 Å². The number of nitrogens with zero attached hydrogens (tertiary/aromatic N) is 3. The number of aromatic nitrogens is 2. The van der Waals surface area contributed by atoms with Crippen LogP contribution in [0.25, 0.3) is 0 Å². The van der Waals surface area contributed by atoms with Gasteiger partial charge in [-0.1, -0.05) is 30.3 Å². The van der Waals surface area contributed by atoms with E-state index in [1.54, 1.807) is 9.58 Å². The number of benzene rings is 1. The second-order valence-electron chi connectivity index (χ2n) is 6.67. The summed E-state index contributed by atoms with van der Waals surface area (Å²) in [5, 5.41) is 13.8. The Bertz CT molecular complexity index is 816. The van der Waals surface area contributed by atoms with Gasteiger partial charge in [-0.3, -0.25) is 14.3 Å². The number of carboxylic acid groups (broad SMARTS) is 1. The Kier molecular flexibility index (Phi) is 4.97. The lowest BCUT2D eigenvalue weighted by atomic mass is 9.89. The van der Waals surface area contributed by atoms with E-state index in [0.717, 1.165) is 17.0 Å². The van der Waals surface area contributed by atoms with E-state index in [-0.39, 0.29) is 25.0 Å². The number of ether oxygens (including phenoxy) is 1. The van der Waals surface area contributed by atoms with Crippen LogP contribution in [0.4, 0.5) is 0 Å². The summed E-state index contributed by atoms with van der Waals surface area (Å²) in [6.45, 7) is 4.16. The predicted molar refractivity (Wildman–Crippen MR) is 95.1 cm³/mol. The molecule has 7 nitrogen and oxygen atoms in total. The van der Waals surface area contributed by atoms with Crippen LogP contribution >= 0.6 is 0 Å². The first kappa shape index (κ1) is 18.0. The number of carbonyl (C=O) groups is 2. The maximum Gasteiger partial charge on any atom is 0.308 e. The van der Waals surface area contributed by atoms with E-state index in [4.69, 9.17) is 4.74 Å². The van der Waals surface area contributed by atoms with Crippen LogP contribution < -0.4 is 4.74 Å². The van der Waals surface area contributed by atoms with Crippen molar-refractivity contribution in [2.24, 2.45) is 13.0 Å². The molecule has 26 heavy (non-hydrogen) atoms. The average Bonchev–Trinajstić information content (AvgIpc) is 3.17. The molecule has 0 aliphatic carbocycles. The third-order valence-corrected chi connectivity index (χ3v) is 5.00. The van der Waals surface area contributed by atoms with E-state index < -0.39 is 11.9 Å². The number of amides is 1. The minimum Gasteiger partial charge on any atom is -0.481 e. The highest BCUT2D eigenvalue weighted by molar-refractivity contribution is 5.80. The molecule has 0 spiro atoms. The first-order chi connectivity index (χ1) is 12.4. The number of likely N-dealkylation sites (tertiary alicyclic amines) is 1. The van der Waals surface area contributed by atoms with Crippen LogP contribution in [0.3, 0.4) is 0 Å². The first-order valence-electron chi connectivity index (χ1n) is 8.57. The van der Waals surface area contributed by atoms with E-state index in [0.29, 0.717) is 12.3 Å². The lowest BCUT2D eigenvalue weighted by molar-refractivity contribution is -0.142. The molecule has 0 saturated carbocycles. The van der Waals surface area contributed by atoms with Gasteiger partial charge in [-0.2, -0.15) is 5.10 Å². The van der Waals surface area contributed by atoms with E-state index in [1.165, 1.54) is 0 Å². The largest absolute Gasteiger partial charge is 0.481 e. The second kappa shape index (κ2) is 7.19. The molecule has 2 aromatic rings. The number of carboxylic acids is 1. The van der Waals surface area contributed by atoms with Gasteiger partial charge in [0, 0.05) is 26.1 Å². The first-order valence-corrected chi connectivity index (χ1v) is 8.57. The van der Waals surface area contributed by atoms with Crippen molar-refractivity contribution in [3.05, 3.63) is 47.3 Å². The van der Waals surface area contributed by atoms with Crippen LogP contribution in [0.1, 0.15) is 22.9 Å². The minimum atomic E-state index is -0.881. The SMILES string of the molecule is Cc1nn(C)c(C)c1OCC(=O)N1C[C@H](C(=O)O)[C@H](c2ccccc2)C1. The molecule has 1 amide bonds. The molecule has 0 bridgehead atoms. The molecule has 1 aliphatic heterocycles. The number of hydrogen-bond acceptors (Lipinski definition) is 4. The molecule has 1 aromatic carbocycles. The summed E-state index contributed by atoms with van der Waals surface area (Å²) < 4.78 is 7.38. The van der Waals surface area contributed by atoms with Crippen LogP contribution in [0.2, 0.25) is 0 Å². The molecule has 7 heteroatoms. The number of aliphatic carboxylic acids is 1. The Morgan fingerprint density at radius 2 is 1.92 bits per heavy atom. The van der Waals surface area contributed by atoms with Gasteiger partial charge >= 0.3 is 5.97 Å². The molecule has 1 aromatic heterocycles. The van der Waals surface area contributed by atoms with Gasteiger partial charge in [0.1, 0.15) is 5.69 Å². The molecule has 1 saturated heterocycles. The summed E-state index contributed by atoms with van der Waals surface area (Å²) in [6, 6.07) is 9.48. The topological polar surface area (TPSA) is 84.7 Å². The summed E-state index contributed by atoms with van der Waals surface area (Å²) in [5.41, 5.74) is 2.52. The monoisotopic (exact) mass is 357 g/mol. The normalized spacial score (nSPS) is 19.6. The minimum absolute atomic E-state index is 0.124. The Morgan fingerprint density at radius 1 is 1.23 bits per heavy atom. The molecule has 1 aliphatic rings. The number of carbonyl (C=O) groups excluding carboxylic acids is 1. The predicted octanol–water partition coefficient (Wildman–Crippen LogP) is 1.74. The Labute approximate surface area is 152 Å².